The van der Waals surface area contributed by atoms with Gasteiger partial charge in [0, 0.05) is 0 Å². The van der Waals surface area contributed by atoms with E-state index in [1.165, 1.54) is 0 Å². The molecule has 0 aromatic carbocycles. The molecule has 0 nitrogen and oxygen atoms in total. The maximum absolute atomic E-state index is 5.59. The molecule has 0 unspecified atom stereocenters. The van der Waals surface area contributed by atoms with E-state index in [1.54, 1.807) is 0 Å². The molecule has 0 radical (unpaired) electrons. The van der Waals surface area contributed by atoms with E-state index in [2.05, 4.69) is 0 Å². The predicted octanol–water partition coefficient (Wildman–Crippen LogP) is 4.55. The Bertz CT molecular complexity index is 123. The van der Waals surface area contributed by atoms with E-state index in [9.17, 15) is 0 Å². The molecule has 0 aliphatic carbocycles. The van der Waals surface area contributed by atoms with Gasteiger partial charge in [-0.15, -0.1) is 89.7 Å². The van der Waals surface area contributed by atoms with E-state index < -0.39 is 15.6 Å². The van der Waals surface area contributed by atoms with Crippen molar-refractivity contribution in [2.45, 2.75) is 3.58 Å². The van der Waals surface area contributed by atoms with Crippen molar-refractivity contribution in [2.24, 2.45) is 0 Å². The van der Waals surface area contributed by atoms with Gasteiger partial charge >= 0.3 is 12.0 Å². The summed E-state index contributed by atoms with van der Waals surface area (Å²) in [7, 11) is 0. The summed E-state index contributed by atoms with van der Waals surface area (Å²) < 4.78 is -1.81. The second-order valence-electron chi connectivity index (χ2n) is 1.57. The Morgan fingerprint density at radius 2 is 0.818 bits per heavy atom. The normalized spacial score (nSPS) is 15.3. The summed E-state index contributed by atoms with van der Waals surface area (Å²) in [6.45, 7) is 0. The molecule has 0 aromatic rings. The standard InChI is InChI=1S/CCl8Si2/c2-1(3,10(4,5)6)11(7,8)9. The fourth-order valence-electron chi connectivity index (χ4n) is 0.161. The van der Waals surface area contributed by atoms with Gasteiger partial charge in [0.25, 0.3) is 0 Å². The summed E-state index contributed by atoms with van der Waals surface area (Å²) in [5, 5.41) is 0. The fourth-order valence-corrected chi connectivity index (χ4v) is 13.0. The van der Waals surface area contributed by atoms with Crippen molar-refractivity contribution >= 4 is 102 Å². The molecule has 0 bridgehead atoms. The summed E-state index contributed by atoms with van der Waals surface area (Å²) in [6.07, 6.45) is 0. The Hall–Kier alpha value is 2.75. The minimum absolute atomic E-state index is 1.81. The first-order valence-electron chi connectivity index (χ1n) is 2.01. The molecule has 10 heteroatoms. The molecule has 0 aliphatic rings. The topological polar surface area (TPSA) is 0 Å². The van der Waals surface area contributed by atoms with Gasteiger partial charge in [-0.25, -0.2) is 0 Å². The van der Waals surface area contributed by atoms with Crippen molar-refractivity contribution in [3.05, 3.63) is 0 Å². The van der Waals surface area contributed by atoms with Gasteiger partial charge < -0.3 is 0 Å². The van der Waals surface area contributed by atoms with Crippen LogP contribution in [0.5, 0.6) is 0 Å². The van der Waals surface area contributed by atoms with E-state index >= 15 is 0 Å². The van der Waals surface area contributed by atoms with Crippen molar-refractivity contribution < 1.29 is 0 Å². The lowest BCUT2D eigenvalue weighted by molar-refractivity contribution is 1.66. The smallest absolute Gasteiger partial charge is 0.123 e. The van der Waals surface area contributed by atoms with Crippen molar-refractivity contribution in [2.75, 3.05) is 0 Å². The van der Waals surface area contributed by atoms with E-state index in [0.717, 1.165) is 0 Å². The second kappa shape index (κ2) is 4.09. The molecule has 68 valence electrons. The summed E-state index contributed by atoms with van der Waals surface area (Å²) in [4.78, 5) is 0. The maximum atomic E-state index is 5.59. The van der Waals surface area contributed by atoms with Gasteiger partial charge in [-0.2, -0.15) is 0 Å². The van der Waals surface area contributed by atoms with Gasteiger partial charge in [0.2, 0.25) is 0 Å². The first-order chi connectivity index (χ1) is 4.50. The molecule has 0 aliphatic heterocycles. The number of hydrogen-bond acceptors (Lipinski definition) is 0. The maximum Gasteiger partial charge on any atom is 0.377 e. The molecule has 0 saturated heterocycles. The number of halogens is 8. The molecule has 0 heterocycles. The molecule has 0 fully saturated rings. The van der Waals surface area contributed by atoms with Crippen LogP contribution in [0.2, 0.25) is 0 Å². The Morgan fingerprint density at radius 3 is 0.818 bits per heavy atom. The summed E-state index contributed by atoms with van der Waals surface area (Å²) in [5.74, 6) is 0. The molecular formula is CCl8Si2. The Morgan fingerprint density at radius 1 is 0.636 bits per heavy atom. The molecule has 0 rings (SSSR count). The van der Waals surface area contributed by atoms with Gasteiger partial charge in [0.05, 0.1) is 0 Å². The predicted molar refractivity (Wildman–Crippen MR) is 61.1 cm³/mol. The highest BCUT2D eigenvalue weighted by Crippen LogP contribution is 2.51. The summed E-state index contributed by atoms with van der Waals surface area (Å²) in [5.41, 5.74) is 0. The zero-order chi connectivity index (χ0) is 9.50. The van der Waals surface area contributed by atoms with Crippen molar-refractivity contribution in [1.29, 1.82) is 0 Å². The molecule has 0 N–H and O–H groups in total. The third kappa shape index (κ3) is 3.42. The molecule has 0 amide bonds. The lowest BCUT2D eigenvalue weighted by atomic mass is 11.8. The fraction of sp³-hybridized carbons (Fsp3) is 1.00. The zero-order valence-corrected chi connectivity index (χ0v) is 12.6. The van der Waals surface area contributed by atoms with Crippen LogP contribution in [0.15, 0.2) is 0 Å². The summed E-state index contributed by atoms with van der Waals surface area (Å²) >= 11 is 44.2. The third-order valence-electron chi connectivity index (χ3n) is 0.712. The van der Waals surface area contributed by atoms with Crippen LogP contribution in [-0.2, 0) is 0 Å². The quantitative estimate of drug-likeness (QED) is 0.389. The van der Waals surface area contributed by atoms with Gasteiger partial charge in [-0.3, -0.25) is 0 Å². The largest absolute Gasteiger partial charge is 0.377 e. The van der Waals surface area contributed by atoms with Gasteiger partial charge in [-0.05, 0) is 0 Å². The Kier molecular flexibility index (Phi) is 5.11. The molecule has 0 saturated carbocycles. The highest BCUT2D eigenvalue weighted by atomic mass is 35.9. The van der Waals surface area contributed by atoms with E-state index in [1.807, 2.05) is 0 Å². The molecule has 11 heavy (non-hydrogen) atoms. The van der Waals surface area contributed by atoms with Crippen LogP contribution in [0.1, 0.15) is 0 Å². The molecular weight excluding hydrogens is 352 g/mol. The minimum atomic E-state index is -3.41. The zero-order valence-electron chi connectivity index (χ0n) is 4.52. The van der Waals surface area contributed by atoms with E-state index in [-0.39, 0.29) is 0 Å². The van der Waals surface area contributed by atoms with Crippen molar-refractivity contribution in [1.82, 2.24) is 0 Å². The molecule has 0 atom stereocenters. The van der Waals surface area contributed by atoms with Gasteiger partial charge in [-0.1, -0.05) is 0 Å². The monoisotopic (exact) mass is 348 g/mol. The van der Waals surface area contributed by atoms with Crippen LogP contribution in [-0.4, -0.2) is 15.6 Å². The highest BCUT2D eigenvalue weighted by Gasteiger charge is 2.64. The molecule has 0 spiro atoms. The average Bonchev–Trinajstić information content (AvgIpc) is 1.58. The minimum Gasteiger partial charge on any atom is -0.123 e. The lowest BCUT2D eigenvalue weighted by Gasteiger charge is -2.29. The number of rotatable bonds is 2. The average molecular weight is 352 g/mol. The van der Waals surface area contributed by atoms with Crippen molar-refractivity contribution in [3.63, 3.8) is 0 Å². The SMILES string of the molecule is ClC(Cl)([Si](Cl)(Cl)Cl)[Si](Cl)(Cl)Cl. The van der Waals surface area contributed by atoms with E-state index in [4.69, 9.17) is 89.7 Å². The second-order valence-corrected chi connectivity index (χ2v) is 21.8. The van der Waals surface area contributed by atoms with Crippen LogP contribution < -0.4 is 0 Å². The van der Waals surface area contributed by atoms with Crippen LogP contribution in [0.25, 0.3) is 0 Å². The highest BCUT2D eigenvalue weighted by molar-refractivity contribution is 7.80. The Labute approximate surface area is 104 Å². The molecule has 0 aromatic heterocycles. The van der Waals surface area contributed by atoms with Crippen LogP contribution in [0.3, 0.4) is 0 Å². The lowest BCUT2D eigenvalue weighted by Crippen LogP contribution is -2.51. The Balaban J connectivity index is 4.75. The third-order valence-corrected chi connectivity index (χ3v) is 19.2. The first-order valence-corrected chi connectivity index (χ1v) is 12.8. The van der Waals surface area contributed by atoms with Crippen LogP contribution >= 0.6 is 89.7 Å². The van der Waals surface area contributed by atoms with Gasteiger partial charge in [0.15, 0.2) is 3.58 Å². The summed E-state index contributed by atoms with van der Waals surface area (Å²) in [6, 6.07) is -6.81. The number of hydrogen-bond donors (Lipinski definition) is 0. The van der Waals surface area contributed by atoms with Crippen molar-refractivity contribution in [3.8, 4) is 0 Å². The number of alkyl halides is 2. The van der Waals surface area contributed by atoms with Crippen LogP contribution in [0, 0.1) is 0 Å². The van der Waals surface area contributed by atoms with Crippen LogP contribution in [0.4, 0.5) is 0 Å². The van der Waals surface area contributed by atoms with Gasteiger partial charge in [0.1, 0.15) is 0 Å². The van der Waals surface area contributed by atoms with E-state index in [0.29, 0.717) is 0 Å². The first kappa shape index (κ1) is 13.8.